The van der Waals surface area contributed by atoms with E-state index in [1.165, 1.54) is 12.1 Å². The molecule has 4 fully saturated rings. The van der Waals surface area contributed by atoms with Crippen LogP contribution in [0.3, 0.4) is 0 Å². The van der Waals surface area contributed by atoms with Gasteiger partial charge in [-0.25, -0.2) is 13.2 Å². The van der Waals surface area contributed by atoms with Crippen molar-refractivity contribution >= 4 is 54.7 Å². The van der Waals surface area contributed by atoms with Crippen LogP contribution in [0.15, 0.2) is 12.1 Å². The number of rotatable bonds is 4. The van der Waals surface area contributed by atoms with Crippen LogP contribution in [0.5, 0.6) is 11.8 Å². The molecule has 4 saturated heterocycles. The number of nitrogen functional groups attached to an aromatic ring is 1. The van der Waals surface area contributed by atoms with Gasteiger partial charge in [-0.2, -0.15) is 15.2 Å². The maximum atomic E-state index is 17.1. The predicted octanol–water partition coefficient (Wildman–Crippen LogP) is 5.56. The Hall–Kier alpha value is -3.57. The van der Waals surface area contributed by atoms with Crippen molar-refractivity contribution in [1.82, 2.24) is 20.2 Å². The molecule has 4 aromatic rings. The summed E-state index contributed by atoms with van der Waals surface area (Å²) in [6.07, 6.45) is 3.00. The number of ether oxygens (including phenoxy) is 2. The highest BCUT2D eigenvalue weighted by Crippen LogP contribution is 2.52. The molecule has 5 aliphatic rings. The van der Waals surface area contributed by atoms with Gasteiger partial charge in [-0.1, -0.05) is 17.7 Å². The fourth-order valence-corrected chi connectivity index (χ4v) is 9.76. The standard InChI is InChI=1S/C32H29ClF3N7O2S/c33-23-21(17-2-3-19(35)27-20(17)18(10-37)28(38)46-27)24(36)25-22-26(23)44-12-16-9-31(5-6-39-31)13-43(16)29(22)41-30(40-25)45-14-32-4-1-7-42(32)11-15(34)8-32/h2-3,15-16,39H,1,4-9,11-14,38H2/t15-,16?,31?,32+/m1/s1. The monoisotopic (exact) mass is 667 g/mol. The summed E-state index contributed by atoms with van der Waals surface area (Å²) in [6.45, 7) is 3.20. The molecule has 5 aliphatic heterocycles. The maximum Gasteiger partial charge on any atom is 0.319 e. The number of nitriles is 1. The highest BCUT2D eigenvalue weighted by atomic mass is 35.5. The second-order valence-corrected chi connectivity index (χ2v) is 14.7. The van der Waals surface area contributed by atoms with E-state index in [4.69, 9.17) is 31.8 Å². The van der Waals surface area contributed by atoms with Gasteiger partial charge in [0, 0.05) is 36.0 Å². The molecule has 46 heavy (non-hydrogen) atoms. The number of nitrogens with one attached hydrogen (secondary N) is 1. The van der Waals surface area contributed by atoms with Crippen LogP contribution in [0.2, 0.25) is 5.02 Å². The van der Waals surface area contributed by atoms with E-state index in [0.29, 0.717) is 30.7 Å². The minimum Gasteiger partial charge on any atom is -0.489 e. The number of nitrogens with zero attached hydrogens (tertiary/aromatic N) is 5. The Kier molecular flexibility index (Phi) is 6.20. The molecule has 2 aromatic carbocycles. The van der Waals surface area contributed by atoms with E-state index >= 15 is 4.39 Å². The zero-order chi connectivity index (χ0) is 31.5. The van der Waals surface area contributed by atoms with Gasteiger partial charge in [0.15, 0.2) is 11.6 Å². The number of anilines is 2. The number of nitrogens with two attached hydrogens (primary N) is 1. The third-order valence-corrected chi connectivity index (χ3v) is 12.1. The molecule has 238 valence electrons. The van der Waals surface area contributed by atoms with Crippen molar-refractivity contribution < 1.29 is 22.6 Å². The predicted molar refractivity (Wildman–Crippen MR) is 170 cm³/mol. The van der Waals surface area contributed by atoms with Crippen LogP contribution in [-0.2, 0) is 0 Å². The minimum absolute atomic E-state index is 0.0194. The number of benzene rings is 2. The molecule has 9 nitrogen and oxygen atoms in total. The van der Waals surface area contributed by atoms with Crippen LogP contribution in [0, 0.1) is 23.0 Å². The molecule has 0 amide bonds. The molecule has 0 bridgehead atoms. The van der Waals surface area contributed by atoms with Crippen LogP contribution in [0.1, 0.15) is 37.7 Å². The number of alkyl halides is 1. The average molecular weight is 668 g/mol. The summed E-state index contributed by atoms with van der Waals surface area (Å²) in [5.41, 5.74) is 5.68. The molecule has 0 saturated carbocycles. The number of aromatic nitrogens is 2. The topological polar surface area (TPSA) is 113 Å². The number of hydrogen-bond donors (Lipinski definition) is 2. The summed E-state index contributed by atoms with van der Waals surface area (Å²) >= 11 is 7.95. The van der Waals surface area contributed by atoms with E-state index in [1.807, 2.05) is 6.07 Å². The van der Waals surface area contributed by atoms with Crippen molar-refractivity contribution in [3.8, 4) is 29.0 Å². The molecule has 2 aromatic heterocycles. The molecular formula is C32H29ClF3N7O2S. The lowest BCUT2D eigenvalue weighted by Gasteiger charge is -2.40. The fourth-order valence-electron chi connectivity index (χ4n) is 8.48. The third-order valence-electron chi connectivity index (χ3n) is 10.7. The molecule has 7 heterocycles. The lowest BCUT2D eigenvalue weighted by molar-refractivity contribution is 0.107. The molecule has 3 N–H and O–H groups in total. The summed E-state index contributed by atoms with van der Waals surface area (Å²) in [5, 5.41) is 14.1. The van der Waals surface area contributed by atoms with E-state index in [1.54, 1.807) is 0 Å². The zero-order valence-electron chi connectivity index (χ0n) is 24.6. The van der Waals surface area contributed by atoms with Crippen molar-refractivity contribution in [3.63, 3.8) is 0 Å². The van der Waals surface area contributed by atoms with E-state index in [-0.39, 0.29) is 78.9 Å². The van der Waals surface area contributed by atoms with Gasteiger partial charge in [0.1, 0.15) is 47.6 Å². The molecule has 0 aliphatic carbocycles. The van der Waals surface area contributed by atoms with Gasteiger partial charge in [0.2, 0.25) is 0 Å². The summed E-state index contributed by atoms with van der Waals surface area (Å²) in [6, 6.07) is 4.56. The first-order valence-corrected chi connectivity index (χ1v) is 16.7. The number of fused-ring (bicyclic) bond motifs is 4. The smallest absolute Gasteiger partial charge is 0.319 e. The SMILES string of the molecule is N#Cc1c(N)sc2c(F)ccc(-c3c(Cl)c4c5c(nc(OC[C@@]67CCCN6C[C@H](F)C7)nc5c3F)N3CC5(CCN5)CC3CO4)c12. The first-order chi connectivity index (χ1) is 22.2. The van der Waals surface area contributed by atoms with Crippen LogP contribution < -0.4 is 25.4 Å². The molecule has 0 radical (unpaired) electrons. The summed E-state index contributed by atoms with van der Waals surface area (Å²) in [7, 11) is 0. The van der Waals surface area contributed by atoms with E-state index < -0.39 is 23.3 Å². The maximum absolute atomic E-state index is 17.1. The van der Waals surface area contributed by atoms with Crippen LogP contribution in [0.4, 0.5) is 24.0 Å². The molecule has 9 rings (SSSR count). The Morgan fingerprint density at radius 1 is 1.24 bits per heavy atom. The van der Waals surface area contributed by atoms with E-state index in [2.05, 4.69) is 20.1 Å². The largest absolute Gasteiger partial charge is 0.489 e. The molecule has 1 spiro atoms. The third kappa shape index (κ3) is 3.93. The van der Waals surface area contributed by atoms with Crippen molar-refractivity contribution in [2.45, 2.75) is 55.4 Å². The van der Waals surface area contributed by atoms with Gasteiger partial charge in [0.05, 0.1) is 32.3 Å². The number of halogens is 4. The lowest BCUT2D eigenvalue weighted by Crippen LogP contribution is -2.58. The lowest BCUT2D eigenvalue weighted by atomic mass is 9.86. The van der Waals surface area contributed by atoms with Crippen molar-refractivity contribution in [2.24, 2.45) is 0 Å². The van der Waals surface area contributed by atoms with Crippen LogP contribution in [0.25, 0.3) is 32.1 Å². The van der Waals surface area contributed by atoms with Crippen molar-refractivity contribution in [3.05, 3.63) is 34.4 Å². The quantitative estimate of drug-likeness (QED) is 0.289. The Morgan fingerprint density at radius 2 is 2.09 bits per heavy atom. The Balaban J connectivity index is 1.25. The zero-order valence-corrected chi connectivity index (χ0v) is 26.2. The van der Waals surface area contributed by atoms with Gasteiger partial charge in [-0.3, -0.25) is 4.90 Å². The van der Waals surface area contributed by atoms with Gasteiger partial charge < -0.3 is 25.4 Å². The van der Waals surface area contributed by atoms with Crippen LogP contribution in [-0.4, -0.2) is 77.6 Å². The Labute approximate surface area is 271 Å². The van der Waals surface area contributed by atoms with E-state index in [9.17, 15) is 14.0 Å². The summed E-state index contributed by atoms with van der Waals surface area (Å²) < 4.78 is 59.4. The fraction of sp³-hybridized carbons (Fsp3) is 0.469. The highest BCUT2D eigenvalue weighted by Gasteiger charge is 2.51. The summed E-state index contributed by atoms with van der Waals surface area (Å²) in [4.78, 5) is 13.7. The first kappa shape index (κ1) is 28.6. The van der Waals surface area contributed by atoms with Crippen molar-refractivity contribution in [1.29, 1.82) is 5.26 Å². The molecule has 14 heteroatoms. The highest BCUT2D eigenvalue weighted by molar-refractivity contribution is 7.23. The second-order valence-electron chi connectivity index (χ2n) is 13.3. The first-order valence-electron chi connectivity index (χ1n) is 15.5. The van der Waals surface area contributed by atoms with Crippen LogP contribution >= 0.6 is 22.9 Å². The molecule has 2 unspecified atom stereocenters. The molecular weight excluding hydrogens is 639 g/mol. The molecule has 4 atom stereocenters. The van der Waals surface area contributed by atoms with Gasteiger partial charge in [-0.15, -0.1) is 11.3 Å². The Morgan fingerprint density at radius 3 is 2.87 bits per heavy atom. The minimum atomic E-state index is -0.929. The summed E-state index contributed by atoms with van der Waals surface area (Å²) in [5.74, 6) is -0.670. The van der Waals surface area contributed by atoms with Gasteiger partial charge in [0.25, 0.3) is 0 Å². The Bertz CT molecular complexity index is 2020. The van der Waals surface area contributed by atoms with Gasteiger partial charge >= 0.3 is 6.01 Å². The second kappa shape index (κ2) is 9.97. The van der Waals surface area contributed by atoms with Gasteiger partial charge in [-0.05, 0) is 50.4 Å². The normalized spacial score (nSPS) is 28.3. The number of hydrogen-bond acceptors (Lipinski definition) is 10. The average Bonchev–Trinajstić information content (AvgIpc) is 3.74. The van der Waals surface area contributed by atoms with Crippen molar-refractivity contribution in [2.75, 3.05) is 50.0 Å². The number of thiophene rings is 1. The van der Waals surface area contributed by atoms with E-state index in [0.717, 1.165) is 50.1 Å².